The summed E-state index contributed by atoms with van der Waals surface area (Å²) in [5.41, 5.74) is 0. The maximum Gasteiger partial charge on any atom is 0.351 e. The van der Waals surface area contributed by atoms with Crippen molar-refractivity contribution in [2.75, 3.05) is 13.2 Å². The maximum atomic E-state index is 11.7. The van der Waals surface area contributed by atoms with Crippen molar-refractivity contribution in [3.8, 4) is 0 Å². The number of benzene rings is 6. The molecule has 0 spiro atoms. The number of nitrogens with zero attached hydrogens (tertiary/aromatic N) is 4. The minimum Gasteiger partial charge on any atom is -0.462 e. The summed E-state index contributed by atoms with van der Waals surface area (Å²) in [6, 6.07) is 60.7. The molecule has 0 fully saturated rings. The van der Waals surface area contributed by atoms with Gasteiger partial charge in [0, 0.05) is 31.8 Å². The molecule has 6 aromatic rings. The van der Waals surface area contributed by atoms with E-state index in [1.165, 1.54) is 0 Å². The smallest absolute Gasteiger partial charge is 0.351 e. The average molecular weight is 753 g/mol. The number of carbonyl (C=O) groups is 2. The van der Waals surface area contributed by atoms with Gasteiger partial charge in [0.25, 0.3) is 0 Å². The summed E-state index contributed by atoms with van der Waals surface area (Å²) in [5.74, 6) is -0.984. The van der Waals surface area contributed by atoms with E-state index in [0.29, 0.717) is 13.2 Å². The summed E-state index contributed by atoms with van der Waals surface area (Å²) in [4.78, 5) is 33.0. The molecule has 6 rings (SSSR count). The van der Waals surface area contributed by atoms with Crippen LogP contribution in [-0.4, -0.2) is 37.6 Å². The largest absolute Gasteiger partial charge is 0.462 e. The minimum atomic E-state index is -2.41. The lowest BCUT2D eigenvalue weighted by Crippen LogP contribution is -2.25. The molecule has 272 valence electrons. The highest BCUT2D eigenvalue weighted by Gasteiger charge is 2.28. The normalized spacial score (nSPS) is 11.3. The zero-order valence-corrected chi connectivity index (χ0v) is 32.0. The number of carbonyl (C=O) groups excluding carboxylic acids is 2. The maximum absolute atomic E-state index is 11.7. The first-order valence-corrected chi connectivity index (χ1v) is 21.0. The van der Waals surface area contributed by atoms with Crippen molar-refractivity contribution >= 4 is 70.3 Å². The fourth-order valence-electron chi connectivity index (χ4n) is 5.73. The molecule has 0 aliphatic carbocycles. The Bertz CT molecular complexity index is 1870. The summed E-state index contributed by atoms with van der Waals surface area (Å²) in [6.07, 6.45) is 2.29. The van der Waals surface area contributed by atoms with Crippen molar-refractivity contribution in [1.29, 1.82) is 0 Å². The molecule has 54 heavy (non-hydrogen) atoms. The molecule has 0 amide bonds. The molecule has 0 bridgehead atoms. The number of esters is 2. The molecule has 10 heteroatoms. The molecule has 0 radical (unpaired) electrons. The minimum absolute atomic E-state index is 0.307. The Labute approximate surface area is 317 Å². The topological polar surface area (TPSA) is 102 Å². The van der Waals surface area contributed by atoms with Crippen LogP contribution in [0.1, 0.15) is 13.8 Å². The van der Waals surface area contributed by atoms with Gasteiger partial charge in [-0.15, -0.1) is 0 Å². The Morgan fingerprint density at radius 1 is 0.407 bits per heavy atom. The van der Waals surface area contributed by atoms with Crippen LogP contribution in [0.25, 0.3) is 0 Å². The number of hydrogen-bond acceptors (Lipinski definition) is 6. The molecule has 0 saturated heterocycles. The third kappa shape index (κ3) is 9.73. The van der Waals surface area contributed by atoms with E-state index in [4.69, 9.17) is 19.2 Å². The van der Waals surface area contributed by atoms with Crippen LogP contribution in [0.15, 0.2) is 202 Å². The van der Waals surface area contributed by atoms with Gasteiger partial charge in [0.05, 0.1) is 27.3 Å². The van der Waals surface area contributed by atoms with Gasteiger partial charge in [-0.25, -0.2) is 9.59 Å². The van der Waals surface area contributed by atoms with E-state index in [-0.39, 0.29) is 0 Å². The van der Waals surface area contributed by atoms with Crippen LogP contribution in [0.2, 0.25) is 0 Å². The van der Waals surface area contributed by atoms with Gasteiger partial charge in [-0.2, -0.15) is 19.9 Å². The molecule has 0 atom stereocenters. The molecule has 0 aliphatic rings. The average Bonchev–Trinajstić information content (AvgIpc) is 3.24. The molecule has 0 aromatic heterocycles. The van der Waals surface area contributed by atoms with Crippen LogP contribution in [0.4, 0.5) is 0 Å². The first-order chi connectivity index (χ1) is 26.5. The first-order valence-electron chi connectivity index (χ1n) is 17.5. The summed E-state index contributed by atoms with van der Waals surface area (Å²) < 4.78 is 9.88. The van der Waals surface area contributed by atoms with Gasteiger partial charge in [-0.3, -0.25) is 0 Å². The number of ether oxygens (including phenoxy) is 2. The predicted octanol–water partition coefficient (Wildman–Crippen LogP) is 7.43. The zero-order valence-electron chi connectivity index (χ0n) is 30.2. The van der Waals surface area contributed by atoms with Gasteiger partial charge in [-0.1, -0.05) is 182 Å². The molecule has 0 unspecified atom stereocenters. The van der Waals surface area contributed by atoms with Crippen LogP contribution < -0.4 is 31.8 Å². The van der Waals surface area contributed by atoms with Crippen molar-refractivity contribution in [1.82, 2.24) is 0 Å². The Kier molecular flexibility index (Phi) is 14.8. The molecule has 6 aromatic carbocycles. The molecule has 0 saturated carbocycles. The van der Waals surface area contributed by atoms with Crippen molar-refractivity contribution < 1.29 is 19.1 Å². The molecule has 0 aliphatic heterocycles. The SMILES string of the molecule is CCOC(=O)/C=N/N=P(c1ccccc1)(c1ccccc1)c1ccccc1.CCOC(=O)/C=N/N=P(c1ccccc1)(c1ccccc1)c1ccccc1. The van der Waals surface area contributed by atoms with Crippen molar-refractivity contribution in [3.05, 3.63) is 182 Å². The number of hydrogen-bond donors (Lipinski definition) is 0. The lowest BCUT2D eigenvalue weighted by Gasteiger charge is -2.25. The van der Waals surface area contributed by atoms with Gasteiger partial charge in [-0.05, 0) is 13.8 Å². The Hall–Kier alpha value is -5.94. The fourth-order valence-corrected chi connectivity index (χ4v) is 12.2. The van der Waals surface area contributed by atoms with E-state index < -0.39 is 26.0 Å². The Balaban J connectivity index is 0.000000208. The van der Waals surface area contributed by atoms with Crippen molar-refractivity contribution in [2.45, 2.75) is 13.8 Å². The van der Waals surface area contributed by atoms with Gasteiger partial charge in [0.15, 0.2) is 0 Å². The summed E-state index contributed by atoms with van der Waals surface area (Å²) in [6.45, 7) is 4.14. The van der Waals surface area contributed by atoms with Crippen LogP contribution >= 0.6 is 14.1 Å². The Morgan fingerprint density at radius 3 is 0.796 bits per heavy atom. The lowest BCUT2D eigenvalue weighted by molar-refractivity contribution is -0.135. The lowest BCUT2D eigenvalue weighted by atomic mass is 10.4. The molecular weight excluding hydrogens is 710 g/mol. The second-order valence-electron chi connectivity index (χ2n) is 11.5. The van der Waals surface area contributed by atoms with Gasteiger partial charge in [0.2, 0.25) is 0 Å². The number of rotatable bonds is 12. The predicted molar refractivity (Wildman–Crippen MR) is 225 cm³/mol. The highest BCUT2D eigenvalue weighted by molar-refractivity contribution is 7.87. The van der Waals surface area contributed by atoms with Crippen molar-refractivity contribution in [2.24, 2.45) is 19.9 Å². The van der Waals surface area contributed by atoms with E-state index in [9.17, 15) is 9.59 Å². The van der Waals surface area contributed by atoms with Crippen LogP contribution in [0.5, 0.6) is 0 Å². The van der Waals surface area contributed by atoms with Crippen LogP contribution in [0.3, 0.4) is 0 Å². The van der Waals surface area contributed by atoms with Crippen LogP contribution in [-0.2, 0) is 19.1 Å². The fraction of sp³-hybridized carbons (Fsp3) is 0.0909. The highest BCUT2D eigenvalue weighted by atomic mass is 31.2. The van der Waals surface area contributed by atoms with E-state index in [1.807, 2.05) is 109 Å². The molecular formula is C44H42N4O4P2. The zero-order chi connectivity index (χ0) is 37.9. The third-order valence-corrected chi connectivity index (χ3v) is 15.1. The van der Waals surface area contributed by atoms with Gasteiger partial charge < -0.3 is 9.47 Å². The molecule has 0 N–H and O–H groups in total. The molecule has 8 nitrogen and oxygen atoms in total. The second-order valence-corrected chi connectivity index (χ2v) is 17.5. The van der Waals surface area contributed by atoms with Crippen molar-refractivity contribution in [3.63, 3.8) is 0 Å². The summed E-state index contributed by atoms with van der Waals surface area (Å²) in [7, 11) is -4.82. The van der Waals surface area contributed by atoms with E-state index in [2.05, 4.69) is 83.0 Å². The Morgan fingerprint density at radius 2 is 0.611 bits per heavy atom. The highest BCUT2D eigenvalue weighted by Crippen LogP contribution is 2.47. The summed E-state index contributed by atoms with van der Waals surface area (Å²) in [5, 5.41) is 14.8. The summed E-state index contributed by atoms with van der Waals surface area (Å²) >= 11 is 0. The first kappa shape index (κ1) is 39.3. The quantitative estimate of drug-likeness (QED) is 0.0562. The molecule has 0 heterocycles. The van der Waals surface area contributed by atoms with Crippen LogP contribution in [0, 0.1) is 0 Å². The van der Waals surface area contributed by atoms with E-state index in [1.54, 1.807) is 13.8 Å². The monoisotopic (exact) mass is 752 g/mol. The third-order valence-electron chi connectivity index (χ3n) is 8.05. The van der Waals surface area contributed by atoms with Gasteiger partial charge in [0.1, 0.15) is 12.4 Å². The standard InChI is InChI=1S/2C22H21N2O2P/c2*1-2-26-22(25)18-23-24-27(19-12-6-3-7-13-19,20-14-8-4-9-15-20)21-16-10-5-11-17-21/h2*3-18H,2H2,1H3/b2*23-18+. The van der Waals surface area contributed by atoms with Gasteiger partial charge >= 0.3 is 11.9 Å². The second kappa shape index (κ2) is 20.3. The van der Waals surface area contributed by atoms with E-state index >= 15 is 0 Å². The van der Waals surface area contributed by atoms with E-state index in [0.717, 1.165) is 44.3 Å².